The average Bonchev–Trinajstić information content (AvgIpc) is 3.07. The van der Waals surface area contributed by atoms with Crippen LogP contribution in [0.15, 0.2) is 59.7 Å². The van der Waals surface area contributed by atoms with Gasteiger partial charge in [0.25, 0.3) is 0 Å². The number of phenols is 1. The molecule has 3 nitrogen and oxygen atoms in total. The fourth-order valence-electron chi connectivity index (χ4n) is 3.52. The van der Waals surface area contributed by atoms with Crippen molar-refractivity contribution < 1.29 is 5.11 Å². The van der Waals surface area contributed by atoms with Crippen molar-refractivity contribution in [1.29, 1.82) is 0 Å². The first kappa shape index (κ1) is 14.8. The Morgan fingerprint density at radius 3 is 2.71 bits per heavy atom. The largest absolute Gasteiger partial charge is 0.507 e. The molecule has 4 rings (SSSR count). The van der Waals surface area contributed by atoms with Crippen LogP contribution in [0.4, 0.5) is 0 Å². The molecule has 0 bridgehead atoms. The second-order valence-electron chi connectivity index (χ2n) is 6.49. The summed E-state index contributed by atoms with van der Waals surface area (Å²) in [4.78, 5) is 0. The van der Waals surface area contributed by atoms with Crippen molar-refractivity contribution in [3.05, 3.63) is 76.9 Å². The molecular weight excluding hydrogens is 296 g/mol. The van der Waals surface area contributed by atoms with Crippen LogP contribution in [0.25, 0.3) is 10.8 Å². The molecule has 0 spiro atoms. The highest BCUT2D eigenvalue weighted by atomic mass is 16.3. The number of hydrogen-bond acceptors (Lipinski definition) is 3. The van der Waals surface area contributed by atoms with Gasteiger partial charge in [-0.1, -0.05) is 48.5 Å². The molecule has 3 aromatic carbocycles. The maximum atomic E-state index is 10.4. The number of rotatable bonds is 2. The molecule has 24 heavy (non-hydrogen) atoms. The van der Waals surface area contributed by atoms with Gasteiger partial charge < -0.3 is 10.5 Å². The number of benzene rings is 3. The SMILES string of the molecule is Cc1cc(C)c(O)c(C2=NN[C@@H](c3cccc4ccccc34)C2)c1. The quantitative estimate of drug-likeness (QED) is 0.725. The van der Waals surface area contributed by atoms with E-state index < -0.39 is 0 Å². The van der Waals surface area contributed by atoms with Crippen LogP contribution >= 0.6 is 0 Å². The molecule has 0 fully saturated rings. The summed E-state index contributed by atoms with van der Waals surface area (Å²) >= 11 is 0. The second kappa shape index (κ2) is 5.68. The summed E-state index contributed by atoms with van der Waals surface area (Å²) in [5.41, 5.74) is 8.28. The smallest absolute Gasteiger partial charge is 0.127 e. The molecule has 1 heterocycles. The number of fused-ring (bicyclic) bond motifs is 1. The van der Waals surface area contributed by atoms with E-state index in [0.717, 1.165) is 28.8 Å². The summed E-state index contributed by atoms with van der Waals surface area (Å²) in [7, 11) is 0. The van der Waals surface area contributed by atoms with E-state index in [1.54, 1.807) is 0 Å². The van der Waals surface area contributed by atoms with E-state index in [2.05, 4.69) is 53.0 Å². The summed E-state index contributed by atoms with van der Waals surface area (Å²) in [5.74, 6) is 0.333. The summed E-state index contributed by atoms with van der Waals surface area (Å²) in [6.45, 7) is 3.97. The highest BCUT2D eigenvalue weighted by molar-refractivity contribution is 6.04. The van der Waals surface area contributed by atoms with E-state index in [4.69, 9.17) is 0 Å². The van der Waals surface area contributed by atoms with Gasteiger partial charge in [-0.05, 0) is 47.4 Å². The van der Waals surface area contributed by atoms with Crippen LogP contribution in [0.3, 0.4) is 0 Å². The molecule has 1 aliphatic rings. The molecule has 2 N–H and O–H groups in total. The molecule has 120 valence electrons. The predicted molar refractivity (Wildman–Crippen MR) is 98.6 cm³/mol. The van der Waals surface area contributed by atoms with Crippen molar-refractivity contribution in [2.45, 2.75) is 26.3 Å². The zero-order valence-corrected chi connectivity index (χ0v) is 13.9. The standard InChI is InChI=1S/C21H20N2O/c1-13-10-14(2)21(24)18(11-13)20-12-19(22-23-20)17-9-5-7-15-6-3-4-8-16(15)17/h3-11,19,22,24H,12H2,1-2H3/t19-/m1/s1. The van der Waals surface area contributed by atoms with Crippen molar-refractivity contribution in [1.82, 2.24) is 5.43 Å². The summed E-state index contributed by atoms with van der Waals surface area (Å²) in [5, 5.41) is 17.4. The van der Waals surface area contributed by atoms with Crippen molar-refractivity contribution in [3.8, 4) is 5.75 Å². The molecule has 0 aromatic heterocycles. The van der Waals surface area contributed by atoms with Gasteiger partial charge in [0, 0.05) is 12.0 Å². The average molecular weight is 316 g/mol. The van der Waals surface area contributed by atoms with Crippen LogP contribution in [0.5, 0.6) is 5.75 Å². The third kappa shape index (κ3) is 2.42. The molecule has 0 unspecified atom stereocenters. The van der Waals surface area contributed by atoms with E-state index in [-0.39, 0.29) is 6.04 Å². The van der Waals surface area contributed by atoms with Crippen molar-refractivity contribution in [2.24, 2.45) is 5.10 Å². The van der Waals surface area contributed by atoms with E-state index in [9.17, 15) is 5.11 Å². The Balaban J connectivity index is 1.69. The topological polar surface area (TPSA) is 44.6 Å². The third-order valence-electron chi connectivity index (χ3n) is 4.71. The van der Waals surface area contributed by atoms with E-state index in [0.29, 0.717) is 5.75 Å². The van der Waals surface area contributed by atoms with E-state index in [1.807, 2.05) is 26.0 Å². The molecule has 3 aromatic rings. The number of aryl methyl sites for hydroxylation is 2. The summed E-state index contributed by atoms with van der Waals surface area (Å²) in [6, 6.07) is 18.9. The van der Waals surface area contributed by atoms with Crippen LogP contribution in [0.1, 0.15) is 34.7 Å². The summed E-state index contributed by atoms with van der Waals surface area (Å²) < 4.78 is 0. The predicted octanol–water partition coefficient (Wildman–Crippen LogP) is 4.60. The van der Waals surface area contributed by atoms with Crippen LogP contribution < -0.4 is 5.43 Å². The minimum absolute atomic E-state index is 0.131. The highest BCUT2D eigenvalue weighted by Gasteiger charge is 2.24. The number of aromatic hydroxyl groups is 1. The number of nitrogens with one attached hydrogen (secondary N) is 1. The van der Waals surface area contributed by atoms with Gasteiger partial charge in [0.1, 0.15) is 5.75 Å². The van der Waals surface area contributed by atoms with Crippen LogP contribution in [0.2, 0.25) is 0 Å². The lowest BCUT2D eigenvalue weighted by atomic mass is 9.93. The minimum Gasteiger partial charge on any atom is -0.507 e. The second-order valence-corrected chi connectivity index (χ2v) is 6.49. The van der Waals surface area contributed by atoms with Gasteiger partial charge in [-0.15, -0.1) is 0 Å². The molecule has 0 saturated carbocycles. The molecule has 0 radical (unpaired) electrons. The van der Waals surface area contributed by atoms with Gasteiger partial charge >= 0.3 is 0 Å². The Hall–Kier alpha value is -2.81. The summed E-state index contributed by atoms with van der Waals surface area (Å²) in [6.07, 6.45) is 0.768. The first-order valence-electron chi connectivity index (χ1n) is 8.24. The van der Waals surface area contributed by atoms with Crippen molar-refractivity contribution >= 4 is 16.5 Å². The first-order valence-corrected chi connectivity index (χ1v) is 8.24. The van der Waals surface area contributed by atoms with Gasteiger partial charge in [-0.25, -0.2) is 0 Å². The molecule has 1 atom stereocenters. The van der Waals surface area contributed by atoms with Crippen LogP contribution in [0, 0.1) is 13.8 Å². The lowest BCUT2D eigenvalue weighted by Crippen LogP contribution is -2.10. The van der Waals surface area contributed by atoms with Gasteiger partial charge in [0.2, 0.25) is 0 Å². The lowest BCUT2D eigenvalue weighted by molar-refractivity contribution is 0.469. The van der Waals surface area contributed by atoms with Gasteiger partial charge in [0.15, 0.2) is 0 Å². The fraction of sp³-hybridized carbons (Fsp3) is 0.190. The number of hydrogen-bond donors (Lipinski definition) is 2. The Bertz CT molecular complexity index is 954. The molecule has 1 aliphatic heterocycles. The van der Waals surface area contributed by atoms with Gasteiger partial charge in [0.05, 0.1) is 11.8 Å². The zero-order valence-electron chi connectivity index (χ0n) is 13.9. The van der Waals surface area contributed by atoms with Crippen LogP contribution in [-0.4, -0.2) is 10.8 Å². The number of phenolic OH excluding ortho intramolecular Hbond substituents is 1. The maximum absolute atomic E-state index is 10.4. The van der Waals surface area contributed by atoms with E-state index >= 15 is 0 Å². The molecular formula is C21H20N2O. The number of nitrogens with zero attached hydrogens (tertiary/aromatic N) is 1. The van der Waals surface area contributed by atoms with Gasteiger partial charge in [-0.3, -0.25) is 0 Å². The zero-order chi connectivity index (χ0) is 16.7. The minimum atomic E-state index is 0.131. The molecule has 0 amide bonds. The van der Waals surface area contributed by atoms with Crippen LogP contribution in [-0.2, 0) is 0 Å². The molecule has 3 heteroatoms. The Kier molecular flexibility index (Phi) is 3.49. The van der Waals surface area contributed by atoms with E-state index in [1.165, 1.54) is 16.3 Å². The van der Waals surface area contributed by atoms with Gasteiger partial charge in [-0.2, -0.15) is 5.10 Å². The Morgan fingerprint density at radius 2 is 1.83 bits per heavy atom. The molecule has 0 saturated heterocycles. The Labute approximate surface area is 141 Å². The molecule has 0 aliphatic carbocycles. The highest BCUT2D eigenvalue weighted by Crippen LogP contribution is 2.33. The third-order valence-corrected chi connectivity index (χ3v) is 4.71. The first-order chi connectivity index (χ1) is 11.6. The lowest BCUT2D eigenvalue weighted by Gasteiger charge is -2.14. The van der Waals surface area contributed by atoms with Crippen molar-refractivity contribution in [3.63, 3.8) is 0 Å². The monoisotopic (exact) mass is 316 g/mol. The maximum Gasteiger partial charge on any atom is 0.127 e. The Morgan fingerprint density at radius 1 is 1.04 bits per heavy atom. The normalized spacial score (nSPS) is 16.9. The number of hydrazone groups is 1. The fourth-order valence-corrected chi connectivity index (χ4v) is 3.52. The van der Waals surface area contributed by atoms with Crippen molar-refractivity contribution in [2.75, 3.05) is 0 Å².